The van der Waals surface area contributed by atoms with E-state index in [0.29, 0.717) is 0 Å². The number of nitrogens with zero attached hydrogens (tertiary/aromatic N) is 2. The molecule has 0 fully saturated rings. The molecule has 1 aromatic carbocycles. The van der Waals surface area contributed by atoms with Gasteiger partial charge in [0.1, 0.15) is 0 Å². The number of hydrogen-bond donors (Lipinski definition) is 0. The fraction of sp³-hybridized carbons (Fsp3) is 0.556. The Balaban J connectivity index is 2.11. The number of hydrogen-bond acceptors (Lipinski definition) is 2. The highest BCUT2D eigenvalue weighted by atomic mass is 15.1. The first-order chi connectivity index (χ1) is 9.86. The van der Waals surface area contributed by atoms with Crippen LogP contribution in [0.4, 0.5) is 0 Å². The first-order valence-electron chi connectivity index (χ1n) is 8.10. The van der Waals surface area contributed by atoms with Gasteiger partial charge in [0.25, 0.3) is 0 Å². The molecule has 0 atom stereocenters. The molecule has 0 aliphatic carbocycles. The van der Waals surface area contributed by atoms with E-state index in [1.54, 1.807) is 0 Å². The van der Waals surface area contributed by atoms with Crippen LogP contribution in [0.15, 0.2) is 24.3 Å². The molecule has 0 saturated carbocycles. The Labute approximate surface area is 122 Å². The molecule has 0 N–H and O–H groups in total. The third-order valence-corrected chi connectivity index (χ3v) is 3.84. The molecule has 0 bridgehead atoms. The van der Waals surface area contributed by atoms with Gasteiger partial charge in [-0.2, -0.15) is 10.2 Å². The Morgan fingerprint density at radius 3 is 1.90 bits per heavy atom. The third-order valence-electron chi connectivity index (χ3n) is 3.84. The highest BCUT2D eigenvalue weighted by molar-refractivity contribution is 5.86. The molecule has 0 unspecified atom stereocenters. The van der Waals surface area contributed by atoms with Gasteiger partial charge in [-0.25, -0.2) is 0 Å². The second kappa shape index (κ2) is 7.98. The summed E-state index contributed by atoms with van der Waals surface area (Å²) in [6, 6.07) is 8.61. The summed E-state index contributed by atoms with van der Waals surface area (Å²) >= 11 is 0. The predicted octanol–water partition coefficient (Wildman–Crippen LogP) is 5.10. The van der Waals surface area contributed by atoms with Crippen molar-refractivity contribution in [1.82, 2.24) is 10.2 Å². The smallest absolute Gasteiger partial charge is 0.0709 e. The van der Waals surface area contributed by atoms with Gasteiger partial charge in [0, 0.05) is 10.8 Å². The summed E-state index contributed by atoms with van der Waals surface area (Å²) in [7, 11) is 0. The van der Waals surface area contributed by atoms with Crippen molar-refractivity contribution >= 4 is 10.8 Å². The first kappa shape index (κ1) is 15.0. The van der Waals surface area contributed by atoms with Gasteiger partial charge in [-0.15, -0.1) is 0 Å². The van der Waals surface area contributed by atoms with E-state index in [4.69, 9.17) is 0 Å². The lowest BCUT2D eigenvalue weighted by Crippen LogP contribution is -2.01. The summed E-state index contributed by atoms with van der Waals surface area (Å²) in [5.41, 5.74) is 2.33. The lowest BCUT2D eigenvalue weighted by Gasteiger charge is -2.08. The summed E-state index contributed by atoms with van der Waals surface area (Å²) in [5, 5.41) is 11.6. The molecule has 0 radical (unpaired) electrons. The van der Waals surface area contributed by atoms with Gasteiger partial charge in [-0.1, -0.05) is 70.2 Å². The molecule has 2 heteroatoms. The fourth-order valence-corrected chi connectivity index (χ4v) is 2.72. The zero-order valence-corrected chi connectivity index (χ0v) is 12.9. The third kappa shape index (κ3) is 3.78. The average Bonchev–Trinajstić information content (AvgIpc) is 2.49. The van der Waals surface area contributed by atoms with Crippen molar-refractivity contribution in [3.63, 3.8) is 0 Å². The Kier molecular flexibility index (Phi) is 5.97. The van der Waals surface area contributed by atoms with E-state index in [-0.39, 0.29) is 0 Å². The number of benzene rings is 1. The van der Waals surface area contributed by atoms with E-state index in [1.807, 2.05) is 0 Å². The van der Waals surface area contributed by atoms with Crippen molar-refractivity contribution in [1.29, 1.82) is 0 Å². The van der Waals surface area contributed by atoms with Gasteiger partial charge in [-0.05, 0) is 19.3 Å². The van der Waals surface area contributed by atoms with Crippen molar-refractivity contribution in [3.8, 4) is 0 Å². The van der Waals surface area contributed by atoms with Crippen LogP contribution in [0.5, 0.6) is 0 Å². The van der Waals surface area contributed by atoms with Crippen molar-refractivity contribution in [2.75, 3.05) is 0 Å². The van der Waals surface area contributed by atoms with Crippen LogP contribution in [-0.2, 0) is 12.8 Å². The summed E-state index contributed by atoms with van der Waals surface area (Å²) in [6.45, 7) is 4.45. The van der Waals surface area contributed by atoms with Crippen LogP contribution < -0.4 is 0 Å². The van der Waals surface area contributed by atoms with Gasteiger partial charge < -0.3 is 0 Å². The number of aryl methyl sites for hydroxylation is 2. The first-order valence-corrected chi connectivity index (χ1v) is 8.10. The minimum Gasteiger partial charge on any atom is -0.155 e. The Bertz CT molecular complexity index is 534. The van der Waals surface area contributed by atoms with Crippen LogP contribution in [0.2, 0.25) is 0 Å². The molecule has 1 aromatic heterocycles. The molecule has 0 aliphatic heterocycles. The molecular formula is C18H26N2. The van der Waals surface area contributed by atoms with E-state index in [0.717, 1.165) is 25.0 Å². The van der Waals surface area contributed by atoms with Crippen molar-refractivity contribution < 1.29 is 0 Å². The maximum absolute atomic E-state index is 4.49. The van der Waals surface area contributed by atoms with Crippen LogP contribution in [0, 0.1) is 0 Å². The lowest BCUT2D eigenvalue weighted by atomic mass is 10.0. The molecule has 2 rings (SSSR count). The van der Waals surface area contributed by atoms with Crippen molar-refractivity contribution in [2.24, 2.45) is 0 Å². The molecule has 2 aromatic rings. The predicted molar refractivity (Wildman–Crippen MR) is 86.0 cm³/mol. The van der Waals surface area contributed by atoms with Crippen LogP contribution in [-0.4, -0.2) is 10.2 Å². The lowest BCUT2D eigenvalue weighted by molar-refractivity contribution is 0.626. The Morgan fingerprint density at radius 1 is 0.700 bits per heavy atom. The van der Waals surface area contributed by atoms with E-state index >= 15 is 0 Å². The average molecular weight is 270 g/mol. The van der Waals surface area contributed by atoms with Gasteiger partial charge in [0.05, 0.1) is 11.4 Å². The molecule has 0 amide bonds. The van der Waals surface area contributed by atoms with E-state index in [1.165, 1.54) is 48.6 Å². The van der Waals surface area contributed by atoms with E-state index < -0.39 is 0 Å². The van der Waals surface area contributed by atoms with Crippen molar-refractivity contribution in [3.05, 3.63) is 35.7 Å². The van der Waals surface area contributed by atoms with E-state index in [9.17, 15) is 0 Å². The normalized spacial score (nSPS) is 11.1. The molecular weight excluding hydrogens is 244 g/mol. The van der Waals surface area contributed by atoms with Crippen molar-refractivity contribution in [2.45, 2.75) is 65.2 Å². The topological polar surface area (TPSA) is 25.8 Å². The zero-order valence-electron chi connectivity index (χ0n) is 12.9. The molecule has 0 aliphatic rings. The monoisotopic (exact) mass is 270 g/mol. The van der Waals surface area contributed by atoms with E-state index in [2.05, 4.69) is 48.3 Å². The minimum absolute atomic E-state index is 1.02. The molecule has 1 heterocycles. The second-order valence-corrected chi connectivity index (χ2v) is 5.55. The Morgan fingerprint density at radius 2 is 1.30 bits per heavy atom. The largest absolute Gasteiger partial charge is 0.155 e. The highest BCUT2D eigenvalue weighted by Gasteiger charge is 2.08. The molecule has 0 saturated heterocycles. The minimum atomic E-state index is 1.02. The summed E-state index contributed by atoms with van der Waals surface area (Å²) in [4.78, 5) is 0. The van der Waals surface area contributed by atoms with Crippen LogP contribution in [0.1, 0.15) is 63.8 Å². The van der Waals surface area contributed by atoms with Crippen LogP contribution in [0.3, 0.4) is 0 Å². The molecule has 2 nitrogen and oxygen atoms in total. The summed E-state index contributed by atoms with van der Waals surface area (Å²) in [5.74, 6) is 0. The molecule has 0 spiro atoms. The van der Waals surface area contributed by atoms with Gasteiger partial charge in [-0.3, -0.25) is 0 Å². The zero-order chi connectivity index (χ0) is 14.2. The molecule has 108 valence electrons. The maximum Gasteiger partial charge on any atom is 0.0709 e. The van der Waals surface area contributed by atoms with Gasteiger partial charge in [0.2, 0.25) is 0 Å². The maximum atomic E-state index is 4.49. The molecule has 20 heavy (non-hydrogen) atoms. The Hall–Kier alpha value is -1.44. The van der Waals surface area contributed by atoms with Gasteiger partial charge in [0.15, 0.2) is 0 Å². The quantitative estimate of drug-likeness (QED) is 0.624. The number of fused-ring (bicyclic) bond motifs is 1. The highest BCUT2D eigenvalue weighted by Crippen LogP contribution is 2.21. The van der Waals surface area contributed by atoms with Gasteiger partial charge >= 0.3 is 0 Å². The fourth-order valence-electron chi connectivity index (χ4n) is 2.72. The standard InChI is InChI=1S/C18H26N2/c1-3-5-6-7-8-14-18-16-13-10-9-12-15(16)17(11-4-2)19-20-18/h9-10,12-13H,3-8,11,14H2,1-2H3. The van der Waals surface area contributed by atoms with Crippen LogP contribution in [0.25, 0.3) is 10.8 Å². The number of aromatic nitrogens is 2. The SMILES string of the molecule is CCCCCCCc1nnc(CCC)c2ccccc12. The number of rotatable bonds is 8. The van der Waals surface area contributed by atoms with Crippen LogP contribution >= 0.6 is 0 Å². The summed E-state index contributed by atoms with van der Waals surface area (Å²) in [6.07, 6.45) is 9.72. The number of unbranched alkanes of at least 4 members (excludes halogenated alkanes) is 4. The summed E-state index contributed by atoms with van der Waals surface area (Å²) < 4.78 is 0. The second-order valence-electron chi connectivity index (χ2n) is 5.55.